The number of hydrogen-bond donors (Lipinski definition) is 3. The zero-order valence-electron chi connectivity index (χ0n) is 20.8. The van der Waals surface area contributed by atoms with Crippen LogP contribution in [-0.2, 0) is 4.74 Å². The van der Waals surface area contributed by atoms with Crippen LogP contribution < -0.4 is 30.3 Å². The maximum Gasteiger partial charge on any atom is 0.323 e. The summed E-state index contributed by atoms with van der Waals surface area (Å²) in [7, 11) is 6.83. The van der Waals surface area contributed by atoms with Crippen LogP contribution >= 0.6 is 0 Å². The van der Waals surface area contributed by atoms with Crippen molar-refractivity contribution in [2.45, 2.75) is 6.42 Å². The van der Waals surface area contributed by atoms with Crippen molar-refractivity contribution in [2.24, 2.45) is 0 Å². The highest BCUT2D eigenvalue weighted by Gasteiger charge is 2.16. The van der Waals surface area contributed by atoms with E-state index in [9.17, 15) is 9.59 Å². The van der Waals surface area contributed by atoms with Crippen LogP contribution in [0.3, 0.4) is 0 Å². The minimum absolute atomic E-state index is 0.183. The second-order valence-electron chi connectivity index (χ2n) is 8.37. The summed E-state index contributed by atoms with van der Waals surface area (Å²) in [4.78, 5) is 29.8. The van der Waals surface area contributed by atoms with Crippen molar-refractivity contribution in [3.8, 4) is 11.5 Å². The lowest BCUT2D eigenvalue weighted by atomic mass is 10.1. The molecule has 35 heavy (non-hydrogen) atoms. The maximum absolute atomic E-state index is 13.0. The third kappa shape index (κ3) is 7.76. The van der Waals surface area contributed by atoms with E-state index in [1.54, 1.807) is 44.6 Å². The Morgan fingerprint density at radius 3 is 2.26 bits per heavy atom. The first-order chi connectivity index (χ1) is 16.9. The van der Waals surface area contributed by atoms with E-state index in [0.717, 1.165) is 45.0 Å². The number of nitrogens with zero attached hydrogens (tertiary/aromatic N) is 2. The molecule has 0 bridgehead atoms. The quantitative estimate of drug-likeness (QED) is 0.445. The molecule has 2 aromatic rings. The number of rotatable bonds is 10. The number of urea groups is 1. The Labute approximate surface area is 206 Å². The largest absolute Gasteiger partial charge is 0.497 e. The molecular weight excluding hydrogens is 450 g/mol. The van der Waals surface area contributed by atoms with Gasteiger partial charge in [-0.25, -0.2) is 4.79 Å². The summed E-state index contributed by atoms with van der Waals surface area (Å²) < 4.78 is 15.8. The number of anilines is 3. The molecule has 2 aromatic carbocycles. The monoisotopic (exact) mass is 485 g/mol. The topological polar surface area (TPSA) is 104 Å². The van der Waals surface area contributed by atoms with Crippen molar-refractivity contribution in [1.29, 1.82) is 0 Å². The van der Waals surface area contributed by atoms with Gasteiger partial charge >= 0.3 is 6.03 Å². The Hall–Kier alpha value is -3.50. The number of carbonyl (C=O) groups is 2. The second kappa shape index (κ2) is 12.8. The van der Waals surface area contributed by atoms with Crippen molar-refractivity contribution in [3.63, 3.8) is 0 Å². The van der Waals surface area contributed by atoms with Gasteiger partial charge in [0.25, 0.3) is 5.91 Å². The van der Waals surface area contributed by atoms with Gasteiger partial charge in [0.2, 0.25) is 0 Å². The predicted octanol–water partition coefficient (Wildman–Crippen LogP) is 2.87. The molecule has 0 unspecified atom stereocenters. The second-order valence-corrected chi connectivity index (χ2v) is 8.37. The fraction of sp³-hybridized carbons (Fsp3) is 0.440. The summed E-state index contributed by atoms with van der Waals surface area (Å²) in [5.74, 6) is 0.933. The van der Waals surface area contributed by atoms with E-state index >= 15 is 0 Å². The van der Waals surface area contributed by atoms with Crippen LogP contribution in [0, 0.1) is 0 Å². The third-order valence-electron chi connectivity index (χ3n) is 5.63. The molecule has 3 rings (SSSR count). The highest BCUT2D eigenvalue weighted by molar-refractivity contribution is 6.04. The first kappa shape index (κ1) is 26.1. The Morgan fingerprint density at radius 2 is 1.63 bits per heavy atom. The number of benzene rings is 2. The number of amides is 3. The average Bonchev–Trinajstić information content (AvgIpc) is 2.86. The van der Waals surface area contributed by atoms with E-state index in [0.29, 0.717) is 35.0 Å². The van der Waals surface area contributed by atoms with Crippen molar-refractivity contribution < 1.29 is 23.8 Å². The van der Waals surface area contributed by atoms with Crippen molar-refractivity contribution in [1.82, 2.24) is 10.2 Å². The third-order valence-corrected chi connectivity index (χ3v) is 5.63. The van der Waals surface area contributed by atoms with E-state index < -0.39 is 6.03 Å². The first-order valence-corrected chi connectivity index (χ1v) is 11.6. The zero-order chi connectivity index (χ0) is 25.2. The lowest BCUT2D eigenvalue weighted by Gasteiger charge is -2.26. The van der Waals surface area contributed by atoms with E-state index in [-0.39, 0.29) is 5.91 Å². The Bertz CT molecular complexity index is 985. The molecular formula is C25H35N5O5. The molecule has 0 spiro atoms. The summed E-state index contributed by atoms with van der Waals surface area (Å²) in [6.45, 7) is 4.86. The first-order valence-electron chi connectivity index (χ1n) is 11.6. The van der Waals surface area contributed by atoms with Crippen molar-refractivity contribution in [2.75, 3.05) is 83.2 Å². The van der Waals surface area contributed by atoms with Crippen LogP contribution in [0.2, 0.25) is 0 Å². The minimum atomic E-state index is -0.449. The molecule has 0 aliphatic carbocycles. The van der Waals surface area contributed by atoms with Crippen LogP contribution in [0.25, 0.3) is 0 Å². The molecule has 0 radical (unpaired) electrons. The summed E-state index contributed by atoms with van der Waals surface area (Å²) in [6, 6.07) is 9.89. The zero-order valence-corrected chi connectivity index (χ0v) is 20.8. The number of ether oxygens (including phenoxy) is 3. The van der Waals surface area contributed by atoms with Gasteiger partial charge in [-0.15, -0.1) is 0 Å². The molecule has 0 saturated carbocycles. The highest BCUT2D eigenvalue weighted by atomic mass is 16.5. The highest BCUT2D eigenvalue weighted by Crippen LogP contribution is 2.26. The average molecular weight is 486 g/mol. The van der Waals surface area contributed by atoms with Gasteiger partial charge in [0.05, 0.1) is 33.0 Å². The van der Waals surface area contributed by atoms with Gasteiger partial charge in [-0.05, 0) is 31.2 Å². The SMILES string of the molecule is COc1cc(NC(=O)Nc2ccc(N(C)C)c(C(=O)NCCCN3CCOCC3)c2)cc(OC)c1. The fourth-order valence-electron chi connectivity index (χ4n) is 3.78. The minimum Gasteiger partial charge on any atom is -0.497 e. The van der Waals surface area contributed by atoms with E-state index in [1.165, 1.54) is 0 Å². The van der Waals surface area contributed by atoms with E-state index in [2.05, 4.69) is 20.9 Å². The molecule has 1 fully saturated rings. The van der Waals surface area contributed by atoms with Gasteiger partial charge in [0.1, 0.15) is 11.5 Å². The van der Waals surface area contributed by atoms with Gasteiger partial charge < -0.3 is 35.1 Å². The van der Waals surface area contributed by atoms with Gasteiger partial charge in [0.15, 0.2) is 0 Å². The lowest BCUT2D eigenvalue weighted by Crippen LogP contribution is -2.38. The standard InChI is InChI=1S/C25H35N5O5/c1-29(2)23-7-6-18(27-25(32)28-19-14-20(33-3)17-21(15-19)34-4)16-22(23)24(31)26-8-5-9-30-10-12-35-13-11-30/h6-7,14-17H,5,8-13H2,1-4H3,(H,26,31)(H2,27,28,32). The Balaban J connectivity index is 1.62. The number of nitrogens with one attached hydrogen (secondary N) is 3. The number of carbonyl (C=O) groups excluding carboxylic acids is 2. The number of hydrogen-bond acceptors (Lipinski definition) is 7. The van der Waals surface area contributed by atoms with Gasteiger partial charge in [-0.3, -0.25) is 9.69 Å². The van der Waals surface area contributed by atoms with Gasteiger partial charge in [-0.1, -0.05) is 0 Å². The molecule has 1 saturated heterocycles. The maximum atomic E-state index is 13.0. The molecule has 0 aromatic heterocycles. The predicted molar refractivity (Wildman–Crippen MR) is 137 cm³/mol. The summed E-state index contributed by atoms with van der Waals surface area (Å²) in [5.41, 5.74) is 2.27. The molecule has 10 nitrogen and oxygen atoms in total. The van der Waals surface area contributed by atoms with Crippen molar-refractivity contribution in [3.05, 3.63) is 42.0 Å². The Morgan fingerprint density at radius 1 is 0.971 bits per heavy atom. The van der Waals surface area contributed by atoms with E-state index in [4.69, 9.17) is 14.2 Å². The van der Waals surface area contributed by atoms with Crippen LogP contribution in [0.5, 0.6) is 11.5 Å². The van der Waals surface area contributed by atoms with Crippen molar-refractivity contribution >= 4 is 29.0 Å². The van der Waals surface area contributed by atoms with E-state index in [1.807, 2.05) is 25.1 Å². The van der Waals surface area contributed by atoms with Crippen LogP contribution in [0.1, 0.15) is 16.8 Å². The molecule has 3 N–H and O–H groups in total. The molecule has 190 valence electrons. The molecule has 1 aliphatic rings. The summed E-state index contributed by atoms with van der Waals surface area (Å²) in [5, 5.41) is 8.55. The molecule has 0 atom stereocenters. The number of methoxy groups -OCH3 is 2. The Kier molecular flexibility index (Phi) is 9.56. The molecule has 1 heterocycles. The molecule has 1 aliphatic heterocycles. The van der Waals surface area contributed by atoms with Crippen LogP contribution in [0.4, 0.5) is 21.9 Å². The van der Waals surface area contributed by atoms with Crippen LogP contribution in [0.15, 0.2) is 36.4 Å². The smallest absolute Gasteiger partial charge is 0.323 e. The molecule has 3 amide bonds. The van der Waals surface area contributed by atoms with Gasteiger partial charge in [0, 0.05) is 69.0 Å². The summed E-state index contributed by atoms with van der Waals surface area (Å²) in [6.07, 6.45) is 0.855. The van der Waals surface area contributed by atoms with Gasteiger partial charge in [-0.2, -0.15) is 0 Å². The number of morpholine rings is 1. The lowest BCUT2D eigenvalue weighted by molar-refractivity contribution is 0.0374. The fourth-order valence-corrected chi connectivity index (χ4v) is 3.78. The summed E-state index contributed by atoms with van der Waals surface area (Å²) >= 11 is 0. The normalized spacial score (nSPS) is 13.6. The molecule has 10 heteroatoms. The van der Waals surface area contributed by atoms with Crippen LogP contribution in [-0.4, -0.2) is 84.5 Å².